The summed E-state index contributed by atoms with van der Waals surface area (Å²) < 4.78 is 26.7. The first kappa shape index (κ1) is 10.6. The van der Waals surface area contributed by atoms with Crippen LogP contribution in [0.25, 0.3) is 10.4 Å². The Balaban J connectivity index is 1.87. The Bertz CT molecular complexity index is 288. The normalized spacial score (nSPS) is 33.7. The highest BCUT2D eigenvalue weighted by atomic mass is 19.3. The summed E-state index contributed by atoms with van der Waals surface area (Å²) in [5, 5.41) is 3.42. The molecule has 0 aromatic heterocycles. The van der Waals surface area contributed by atoms with E-state index in [4.69, 9.17) is 5.53 Å². The lowest BCUT2D eigenvalue weighted by Gasteiger charge is -2.19. The summed E-state index contributed by atoms with van der Waals surface area (Å²) in [5.74, 6) is -2.80. The van der Waals surface area contributed by atoms with Gasteiger partial charge in [-0.3, -0.25) is 0 Å². The molecule has 2 unspecified atom stereocenters. The quantitative estimate of drug-likeness (QED) is 0.405. The zero-order valence-corrected chi connectivity index (χ0v) is 8.44. The SMILES string of the molecule is [N-]=[N+]=NCCN1CC2CCC(F)(F)C2C1. The molecule has 2 atom stereocenters. The number of likely N-dealkylation sites (tertiary alicyclic amines) is 1. The number of alkyl halides is 2. The number of fused-ring (bicyclic) bond motifs is 1. The van der Waals surface area contributed by atoms with Crippen LogP contribution >= 0.6 is 0 Å². The number of nitrogens with zero attached hydrogens (tertiary/aromatic N) is 4. The fourth-order valence-corrected chi connectivity index (χ4v) is 2.71. The Morgan fingerprint density at radius 1 is 1.47 bits per heavy atom. The van der Waals surface area contributed by atoms with Gasteiger partial charge in [0.2, 0.25) is 0 Å². The van der Waals surface area contributed by atoms with Crippen molar-refractivity contribution in [2.24, 2.45) is 17.0 Å². The maximum Gasteiger partial charge on any atom is 0.252 e. The van der Waals surface area contributed by atoms with Crippen LogP contribution in [0.15, 0.2) is 5.11 Å². The van der Waals surface area contributed by atoms with Gasteiger partial charge in [0.15, 0.2) is 0 Å². The van der Waals surface area contributed by atoms with E-state index in [1.807, 2.05) is 4.90 Å². The summed E-state index contributed by atoms with van der Waals surface area (Å²) in [4.78, 5) is 4.63. The monoisotopic (exact) mass is 216 g/mol. The van der Waals surface area contributed by atoms with E-state index in [9.17, 15) is 8.78 Å². The van der Waals surface area contributed by atoms with Crippen molar-refractivity contribution in [3.8, 4) is 0 Å². The van der Waals surface area contributed by atoms with Crippen molar-refractivity contribution in [1.29, 1.82) is 0 Å². The van der Waals surface area contributed by atoms with E-state index in [1.165, 1.54) is 0 Å². The van der Waals surface area contributed by atoms with Crippen LogP contribution in [-0.2, 0) is 0 Å². The van der Waals surface area contributed by atoms with Gasteiger partial charge in [-0.1, -0.05) is 5.11 Å². The molecule has 1 aliphatic heterocycles. The molecule has 2 fully saturated rings. The smallest absolute Gasteiger partial charge is 0.252 e. The lowest BCUT2D eigenvalue weighted by atomic mass is 9.99. The summed E-state index contributed by atoms with van der Waals surface area (Å²) in [5.41, 5.74) is 8.10. The molecule has 0 amide bonds. The minimum Gasteiger partial charge on any atom is -0.302 e. The summed E-state index contributed by atoms with van der Waals surface area (Å²) in [6.45, 7) is 2.18. The second kappa shape index (κ2) is 3.94. The first-order valence-corrected chi connectivity index (χ1v) is 5.24. The van der Waals surface area contributed by atoms with Gasteiger partial charge in [0.05, 0.1) is 0 Å². The molecular weight excluding hydrogens is 202 g/mol. The molecule has 0 bridgehead atoms. The van der Waals surface area contributed by atoms with E-state index in [-0.39, 0.29) is 12.3 Å². The fraction of sp³-hybridized carbons (Fsp3) is 1.00. The van der Waals surface area contributed by atoms with E-state index in [0.29, 0.717) is 26.1 Å². The van der Waals surface area contributed by atoms with E-state index in [1.54, 1.807) is 0 Å². The molecule has 1 saturated carbocycles. The van der Waals surface area contributed by atoms with Crippen molar-refractivity contribution in [1.82, 2.24) is 4.90 Å². The minimum absolute atomic E-state index is 0.0481. The Hall–Kier alpha value is -0.870. The summed E-state index contributed by atoms with van der Waals surface area (Å²) in [7, 11) is 0. The van der Waals surface area contributed by atoms with Crippen molar-refractivity contribution < 1.29 is 8.78 Å². The molecule has 84 valence electrons. The molecule has 1 heterocycles. The van der Waals surface area contributed by atoms with Gasteiger partial charge in [-0.15, -0.1) is 0 Å². The van der Waals surface area contributed by atoms with E-state index < -0.39 is 11.8 Å². The summed E-state index contributed by atoms with van der Waals surface area (Å²) >= 11 is 0. The predicted octanol–water partition coefficient (Wildman–Crippen LogP) is 2.27. The van der Waals surface area contributed by atoms with Crippen molar-refractivity contribution in [2.45, 2.75) is 18.8 Å². The van der Waals surface area contributed by atoms with Gasteiger partial charge in [-0.25, -0.2) is 8.78 Å². The molecule has 4 nitrogen and oxygen atoms in total. The molecule has 0 radical (unpaired) electrons. The third-order valence-electron chi connectivity index (χ3n) is 3.49. The van der Waals surface area contributed by atoms with Crippen molar-refractivity contribution >= 4 is 0 Å². The molecule has 2 rings (SSSR count). The highest BCUT2D eigenvalue weighted by Crippen LogP contribution is 2.47. The van der Waals surface area contributed by atoms with Gasteiger partial charge < -0.3 is 4.90 Å². The lowest BCUT2D eigenvalue weighted by Crippen LogP contribution is -2.30. The van der Waals surface area contributed by atoms with Crippen LogP contribution in [0.2, 0.25) is 0 Å². The second-order valence-electron chi connectivity index (χ2n) is 4.38. The largest absolute Gasteiger partial charge is 0.302 e. The third kappa shape index (κ3) is 2.06. The molecule has 0 aromatic rings. The molecule has 15 heavy (non-hydrogen) atoms. The minimum atomic E-state index is -2.47. The van der Waals surface area contributed by atoms with Crippen LogP contribution in [-0.4, -0.2) is 37.0 Å². The number of halogens is 2. The highest BCUT2D eigenvalue weighted by molar-refractivity contribution is 4.98. The molecule has 1 aliphatic carbocycles. The maximum absolute atomic E-state index is 13.4. The van der Waals surface area contributed by atoms with Crippen LogP contribution in [0.1, 0.15) is 12.8 Å². The van der Waals surface area contributed by atoms with Crippen LogP contribution in [0.5, 0.6) is 0 Å². The van der Waals surface area contributed by atoms with Crippen molar-refractivity contribution in [3.63, 3.8) is 0 Å². The van der Waals surface area contributed by atoms with Gasteiger partial charge in [0.1, 0.15) is 0 Å². The van der Waals surface area contributed by atoms with Crippen molar-refractivity contribution in [2.75, 3.05) is 26.2 Å². The van der Waals surface area contributed by atoms with Crippen LogP contribution in [0.3, 0.4) is 0 Å². The van der Waals surface area contributed by atoms with Crippen LogP contribution in [0.4, 0.5) is 8.78 Å². The molecule has 0 spiro atoms. The average Bonchev–Trinajstić information content (AvgIpc) is 2.69. The van der Waals surface area contributed by atoms with E-state index >= 15 is 0 Å². The van der Waals surface area contributed by atoms with Crippen LogP contribution in [0, 0.1) is 11.8 Å². The molecular formula is C9H14F2N4. The van der Waals surface area contributed by atoms with E-state index in [2.05, 4.69) is 10.0 Å². The Morgan fingerprint density at radius 3 is 2.93 bits per heavy atom. The number of azide groups is 1. The first-order valence-electron chi connectivity index (χ1n) is 5.24. The lowest BCUT2D eigenvalue weighted by molar-refractivity contribution is -0.0397. The summed E-state index contributed by atoms with van der Waals surface area (Å²) in [6, 6.07) is 0. The zero-order chi connectivity index (χ0) is 10.9. The van der Waals surface area contributed by atoms with Crippen molar-refractivity contribution in [3.05, 3.63) is 10.4 Å². The third-order valence-corrected chi connectivity index (χ3v) is 3.49. The number of hydrogen-bond acceptors (Lipinski definition) is 2. The second-order valence-corrected chi connectivity index (χ2v) is 4.38. The van der Waals surface area contributed by atoms with Gasteiger partial charge in [-0.05, 0) is 17.9 Å². The molecule has 0 N–H and O–H groups in total. The standard InChI is InChI=1S/C9H14F2N4/c10-9(11)2-1-7-5-15(6-8(7)9)4-3-13-14-12/h7-8H,1-6H2. The topological polar surface area (TPSA) is 52.0 Å². The molecule has 6 heteroatoms. The van der Waals surface area contributed by atoms with E-state index in [0.717, 1.165) is 6.54 Å². The Labute approximate surface area is 86.9 Å². The Morgan fingerprint density at radius 2 is 2.27 bits per heavy atom. The maximum atomic E-state index is 13.4. The number of hydrogen-bond donors (Lipinski definition) is 0. The highest BCUT2D eigenvalue weighted by Gasteiger charge is 2.53. The van der Waals surface area contributed by atoms with Gasteiger partial charge >= 0.3 is 0 Å². The zero-order valence-electron chi connectivity index (χ0n) is 8.44. The molecule has 0 aromatic carbocycles. The van der Waals surface area contributed by atoms with Gasteiger partial charge in [0, 0.05) is 43.4 Å². The molecule has 1 saturated heterocycles. The molecule has 2 aliphatic rings. The summed E-state index contributed by atoms with van der Waals surface area (Å²) in [6.07, 6.45) is 0.683. The van der Waals surface area contributed by atoms with Gasteiger partial charge in [-0.2, -0.15) is 0 Å². The fourth-order valence-electron chi connectivity index (χ4n) is 2.71. The first-order chi connectivity index (χ1) is 7.13. The predicted molar refractivity (Wildman–Crippen MR) is 51.6 cm³/mol. The Kier molecular flexibility index (Phi) is 2.80. The van der Waals surface area contributed by atoms with Gasteiger partial charge in [0.25, 0.3) is 5.92 Å². The average molecular weight is 216 g/mol. The van der Waals surface area contributed by atoms with Crippen LogP contribution < -0.4 is 0 Å². The number of rotatable bonds is 3.